The fraction of sp³-hybridized carbons (Fsp3) is 0.368. The molecule has 2 nitrogen and oxygen atoms in total. The zero-order valence-electron chi connectivity index (χ0n) is 13.3. The molecule has 0 aromatic heterocycles. The number of benzene rings is 2. The minimum atomic E-state index is -0.166. The molecule has 1 aliphatic rings. The number of aryl methyl sites for hydroxylation is 1. The van der Waals surface area contributed by atoms with Crippen LogP contribution in [-0.4, -0.2) is 31.1 Å². The van der Waals surface area contributed by atoms with E-state index in [-0.39, 0.29) is 5.82 Å². The average molecular weight is 298 g/mol. The van der Waals surface area contributed by atoms with E-state index in [2.05, 4.69) is 47.9 Å². The summed E-state index contributed by atoms with van der Waals surface area (Å²) in [4.78, 5) is 4.92. The molecule has 1 heterocycles. The van der Waals surface area contributed by atoms with E-state index in [0.717, 1.165) is 26.2 Å². The van der Waals surface area contributed by atoms with Gasteiger partial charge in [-0.2, -0.15) is 0 Å². The summed E-state index contributed by atoms with van der Waals surface area (Å²) in [6, 6.07) is 15.9. The quantitative estimate of drug-likeness (QED) is 0.844. The molecule has 0 radical (unpaired) electrons. The van der Waals surface area contributed by atoms with Gasteiger partial charge < -0.3 is 4.90 Å². The maximum atomic E-state index is 13.0. The molecule has 116 valence electrons. The molecule has 22 heavy (non-hydrogen) atoms. The van der Waals surface area contributed by atoms with Crippen molar-refractivity contribution in [2.45, 2.75) is 19.9 Å². The lowest BCUT2D eigenvalue weighted by molar-refractivity contribution is 0.198. The lowest BCUT2D eigenvalue weighted by Crippen LogP contribution is -2.47. The van der Waals surface area contributed by atoms with Crippen molar-refractivity contribution in [1.29, 1.82) is 0 Å². The Hall–Kier alpha value is -1.87. The van der Waals surface area contributed by atoms with E-state index in [1.54, 1.807) is 12.1 Å². The Morgan fingerprint density at radius 3 is 2.27 bits per heavy atom. The molecule has 1 saturated heterocycles. The normalized spacial score (nSPS) is 17.5. The molecule has 0 N–H and O–H groups in total. The van der Waals surface area contributed by atoms with E-state index < -0.39 is 0 Å². The molecule has 0 saturated carbocycles. The molecule has 1 atom stereocenters. The van der Waals surface area contributed by atoms with Gasteiger partial charge in [-0.3, -0.25) is 4.90 Å². The van der Waals surface area contributed by atoms with Crippen LogP contribution < -0.4 is 4.90 Å². The molecule has 0 amide bonds. The lowest BCUT2D eigenvalue weighted by Gasteiger charge is -2.39. The van der Waals surface area contributed by atoms with Crippen molar-refractivity contribution < 1.29 is 4.39 Å². The molecule has 3 rings (SSSR count). The molecule has 0 unspecified atom stereocenters. The van der Waals surface area contributed by atoms with Crippen molar-refractivity contribution in [1.82, 2.24) is 4.90 Å². The highest BCUT2D eigenvalue weighted by atomic mass is 19.1. The van der Waals surface area contributed by atoms with Crippen LogP contribution in [0.15, 0.2) is 48.5 Å². The fourth-order valence-corrected chi connectivity index (χ4v) is 3.14. The van der Waals surface area contributed by atoms with Gasteiger partial charge in [0.05, 0.1) is 0 Å². The Labute approximate surface area is 132 Å². The van der Waals surface area contributed by atoms with Crippen LogP contribution in [-0.2, 0) is 0 Å². The van der Waals surface area contributed by atoms with Crippen LogP contribution in [0.1, 0.15) is 24.1 Å². The third-order valence-corrected chi connectivity index (χ3v) is 4.58. The predicted octanol–water partition coefficient (Wildman–Crippen LogP) is 4.02. The van der Waals surface area contributed by atoms with Crippen LogP contribution in [0.25, 0.3) is 0 Å². The van der Waals surface area contributed by atoms with Crippen molar-refractivity contribution in [3.05, 3.63) is 65.5 Å². The molecule has 2 aromatic rings. The van der Waals surface area contributed by atoms with Gasteiger partial charge in [-0.05, 0) is 49.2 Å². The topological polar surface area (TPSA) is 6.48 Å². The van der Waals surface area contributed by atoms with Crippen molar-refractivity contribution >= 4 is 5.69 Å². The van der Waals surface area contributed by atoms with Crippen LogP contribution in [0.5, 0.6) is 0 Å². The Balaban J connectivity index is 1.62. The first kappa shape index (κ1) is 15.0. The number of halogens is 1. The zero-order valence-corrected chi connectivity index (χ0v) is 13.3. The zero-order chi connectivity index (χ0) is 15.5. The summed E-state index contributed by atoms with van der Waals surface area (Å²) in [5, 5.41) is 0. The summed E-state index contributed by atoms with van der Waals surface area (Å²) in [5.74, 6) is -0.166. The number of rotatable bonds is 3. The minimum Gasteiger partial charge on any atom is -0.369 e. The average Bonchev–Trinajstić information content (AvgIpc) is 2.55. The first-order chi connectivity index (χ1) is 10.6. The predicted molar refractivity (Wildman–Crippen MR) is 89.8 cm³/mol. The van der Waals surface area contributed by atoms with Gasteiger partial charge in [-0.15, -0.1) is 0 Å². The maximum absolute atomic E-state index is 13.0. The molecular weight excluding hydrogens is 275 g/mol. The van der Waals surface area contributed by atoms with Crippen molar-refractivity contribution in [3.8, 4) is 0 Å². The summed E-state index contributed by atoms with van der Waals surface area (Å²) >= 11 is 0. The molecule has 0 spiro atoms. The number of hydrogen-bond acceptors (Lipinski definition) is 2. The Bertz CT molecular complexity index is 616. The monoisotopic (exact) mass is 298 g/mol. The van der Waals surface area contributed by atoms with Gasteiger partial charge in [0.25, 0.3) is 0 Å². The van der Waals surface area contributed by atoms with Crippen LogP contribution in [0.2, 0.25) is 0 Å². The highest BCUT2D eigenvalue weighted by molar-refractivity contribution is 5.48. The van der Waals surface area contributed by atoms with E-state index >= 15 is 0 Å². The Kier molecular flexibility index (Phi) is 4.44. The Morgan fingerprint density at radius 1 is 0.955 bits per heavy atom. The molecule has 3 heteroatoms. The summed E-state index contributed by atoms with van der Waals surface area (Å²) in [6.07, 6.45) is 0. The molecule has 1 fully saturated rings. The van der Waals surface area contributed by atoms with E-state index in [0.29, 0.717) is 6.04 Å². The van der Waals surface area contributed by atoms with Crippen LogP contribution in [0, 0.1) is 12.7 Å². The standard InChI is InChI=1S/C19H23FN2/c1-15-4-3-5-19(14-15)22-12-10-21(11-13-22)16(2)17-6-8-18(20)9-7-17/h3-9,14,16H,10-13H2,1-2H3/t16-/m1/s1. The van der Waals surface area contributed by atoms with Gasteiger partial charge in [-0.1, -0.05) is 24.3 Å². The van der Waals surface area contributed by atoms with Gasteiger partial charge in [0, 0.05) is 37.9 Å². The van der Waals surface area contributed by atoms with E-state index in [1.807, 2.05) is 12.1 Å². The van der Waals surface area contributed by atoms with Gasteiger partial charge in [0.15, 0.2) is 0 Å². The van der Waals surface area contributed by atoms with Crippen LogP contribution in [0.3, 0.4) is 0 Å². The van der Waals surface area contributed by atoms with E-state index in [4.69, 9.17) is 0 Å². The number of anilines is 1. The third-order valence-electron chi connectivity index (χ3n) is 4.58. The summed E-state index contributed by atoms with van der Waals surface area (Å²) in [7, 11) is 0. The first-order valence-corrected chi connectivity index (χ1v) is 7.94. The maximum Gasteiger partial charge on any atom is 0.123 e. The van der Waals surface area contributed by atoms with Crippen molar-refractivity contribution in [2.24, 2.45) is 0 Å². The Morgan fingerprint density at radius 2 is 1.64 bits per heavy atom. The fourth-order valence-electron chi connectivity index (χ4n) is 3.14. The molecular formula is C19H23FN2. The second-order valence-electron chi connectivity index (χ2n) is 6.09. The van der Waals surface area contributed by atoms with Crippen molar-refractivity contribution in [2.75, 3.05) is 31.1 Å². The largest absolute Gasteiger partial charge is 0.369 e. The highest BCUT2D eigenvalue weighted by Crippen LogP contribution is 2.24. The minimum absolute atomic E-state index is 0.166. The molecule has 1 aliphatic heterocycles. The first-order valence-electron chi connectivity index (χ1n) is 7.94. The van der Waals surface area contributed by atoms with E-state index in [9.17, 15) is 4.39 Å². The van der Waals surface area contributed by atoms with Gasteiger partial charge in [-0.25, -0.2) is 4.39 Å². The van der Waals surface area contributed by atoms with Crippen molar-refractivity contribution in [3.63, 3.8) is 0 Å². The summed E-state index contributed by atoms with van der Waals surface area (Å²) < 4.78 is 13.0. The highest BCUT2D eigenvalue weighted by Gasteiger charge is 2.22. The number of hydrogen-bond donors (Lipinski definition) is 0. The summed E-state index contributed by atoms with van der Waals surface area (Å²) in [6.45, 7) is 8.48. The lowest BCUT2D eigenvalue weighted by atomic mass is 10.1. The van der Waals surface area contributed by atoms with E-state index in [1.165, 1.54) is 16.8 Å². The van der Waals surface area contributed by atoms with Gasteiger partial charge in [0.1, 0.15) is 5.82 Å². The van der Waals surface area contributed by atoms with Crippen LogP contribution in [0.4, 0.5) is 10.1 Å². The molecule has 0 aliphatic carbocycles. The SMILES string of the molecule is Cc1cccc(N2CCN([C@H](C)c3ccc(F)cc3)CC2)c1. The van der Waals surface area contributed by atoms with Gasteiger partial charge >= 0.3 is 0 Å². The molecule has 2 aromatic carbocycles. The second kappa shape index (κ2) is 6.49. The summed E-state index contributed by atoms with van der Waals surface area (Å²) in [5.41, 5.74) is 3.80. The number of piperazine rings is 1. The van der Waals surface area contributed by atoms with Gasteiger partial charge in [0.2, 0.25) is 0 Å². The molecule has 0 bridgehead atoms. The number of nitrogens with zero attached hydrogens (tertiary/aromatic N) is 2. The smallest absolute Gasteiger partial charge is 0.123 e. The second-order valence-corrected chi connectivity index (χ2v) is 6.09. The van der Waals surface area contributed by atoms with Crippen LogP contribution >= 0.6 is 0 Å². The third kappa shape index (κ3) is 3.30.